The number of aromatic nitrogens is 1. The van der Waals surface area contributed by atoms with Crippen LogP contribution in [0.15, 0.2) is 27.7 Å². The predicted molar refractivity (Wildman–Crippen MR) is 87.0 cm³/mol. The first-order chi connectivity index (χ1) is 11.2. The van der Waals surface area contributed by atoms with Crippen molar-refractivity contribution < 1.29 is 22.5 Å². The molecule has 0 radical (unpaired) electrons. The van der Waals surface area contributed by atoms with E-state index in [1.54, 1.807) is 0 Å². The molecule has 1 aliphatic rings. The maximum absolute atomic E-state index is 13.0. The van der Waals surface area contributed by atoms with Crippen molar-refractivity contribution in [2.75, 3.05) is 6.26 Å². The average Bonchev–Trinajstić information content (AvgIpc) is 3.23. The maximum atomic E-state index is 13.0. The highest BCUT2D eigenvalue weighted by atomic mass is 32.2. The van der Waals surface area contributed by atoms with Gasteiger partial charge in [-0.15, -0.1) is 10.5 Å². The fourth-order valence-electron chi connectivity index (χ4n) is 2.59. The number of carbonyl (C=O) groups is 1. The lowest BCUT2D eigenvalue weighted by atomic mass is 9.96. The topological polar surface area (TPSA) is 43.1 Å². The van der Waals surface area contributed by atoms with Crippen molar-refractivity contribution >= 4 is 22.1 Å². The van der Waals surface area contributed by atoms with Crippen LogP contribution in [0.25, 0.3) is 0 Å². The monoisotopic (exact) mass is 355 g/mol. The molecule has 1 unspecified atom stereocenters. The maximum Gasteiger partial charge on any atom is 0.416 e. The van der Waals surface area contributed by atoms with Crippen LogP contribution in [0.4, 0.5) is 13.2 Å². The molecule has 0 saturated heterocycles. The summed E-state index contributed by atoms with van der Waals surface area (Å²) in [6.07, 6.45) is -0.757. The molecule has 1 aliphatic carbocycles. The van der Waals surface area contributed by atoms with E-state index in [1.165, 1.54) is 13.0 Å². The molecule has 0 amide bonds. The highest BCUT2D eigenvalue weighted by Crippen LogP contribution is 2.45. The normalized spacial score (nSPS) is 16.2. The van der Waals surface area contributed by atoms with Crippen LogP contribution in [0.3, 0.4) is 0 Å². The van der Waals surface area contributed by atoms with Gasteiger partial charge in [-0.1, -0.05) is 17.1 Å². The molecular formula is C17H16F3NO2S. The third kappa shape index (κ3) is 3.05. The molecule has 0 aliphatic heterocycles. The SMILES string of the molecule is C=S(C)c1noc(C2CC2)c1C(=O)c1ccc(C(F)(F)F)cc1C. The second-order valence-electron chi connectivity index (χ2n) is 5.99. The van der Waals surface area contributed by atoms with Gasteiger partial charge in [0.1, 0.15) is 5.03 Å². The standard InChI is InChI=1S/C17H16F3NO2S/c1-9-8-11(17(18,19)20)6-7-12(9)14(22)13-15(10-4-5-10)23-21-16(13)24(2)3/h6-8,10H,2,4-5H2,1,3H3. The summed E-state index contributed by atoms with van der Waals surface area (Å²) in [4.78, 5) is 13.0. The minimum absolute atomic E-state index is 0.170. The summed E-state index contributed by atoms with van der Waals surface area (Å²) in [6, 6.07) is 3.15. The molecule has 1 aromatic carbocycles. The van der Waals surface area contributed by atoms with Gasteiger partial charge in [0, 0.05) is 11.5 Å². The average molecular weight is 355 g/mol. The number of alkyl halides is 3. The lowest BCUT2D eigenvalue weighted by Crippen LogP contribution is -2.10. The second-order valence-corrected chi connectivity index (χ2v) is 7.66. The summed E-state index contributed by atoms with van der Waals surface area (Å²) in [7, 11) is -0.534. The number of benzene rings is 1. The third-order valence-electron chi connectivity index (χ3n) is 3.99. The van der Waals surface area contributed by atoms with Crippen LogP contribution in [-0.2, 0) is 6.18 Å². The quantitative estimate of drug-likeness (QED) is 0.584. The van der Waals surface area contributed by atoms with E-state index in [0.717, 1.165) is 25.0 Å². The predicted octanol–water partition coefficient (Wildman–Crippen LogP) is 4.80. The molecule has 2 aromatic rings. The van der Waals surface area contributed by atoms with E-state index in [9.17, 15) is 18.0 Å². The van der Waals surface area contributed by atoms with E-state index in [4.69, 9.17) is 4.52 Å². The largest absolute Gasteiger partial charge is 0.416 e. The zero-order valence-electron chi connectivity index (χ0n) is 13.2. The van der Waals surface area contributed by atoms with E-state index >= 15 is 0 Å². The summed E-state index contributed by atoms with van der Waals surface area (Å²) in [5.74, 6) is 4.28. The number of nitrogens with zero attached hydrogens (tertiary/aromatic N) is 1. The molecule has 24 heavy (non-hydrogen) atoms. The smallest absolute Gasteiger partial charge is 0.359 e. The molecule has 1 heterocycles. The molecule has 1 fully saturated rings. The number of carbonyl (C=O) groups excluding carboxylic acids is 1. The molecule has 0 bridgehead atoms. The lowest BCUT2D eigenvalue weighted by molar-refractivity contribution is -0.137. The first-order valence-electron chi connectivity index (χ1n) is 7.38. The molecule has 128 valence electrons. The minimum Gasteiger partial charge on any atom is -0.359 e. The molecule has 1 saturated carbocycles. The van der Waals surface area contributed by atoms with Crippen LogP contribution in [0, 0.1) is 6.92 Å². The number of halogens is 3. The third-order valence-corrected chi connectivity index (χ3v) is 4.93. The Kier molecular flexibility index (Phi) is 4.15. The Hall–Kier alpha value is -1.89. The van der Waals surface area contributed by atoms with Crippen LogP contribution >= 0.6 is 10.5 Å². The first-order valence-corrected chi connectivity index (χ1v) is 9.18. The molecule has 0 N–H and O–H groups in total. The van der Waals surface area contributed by atoms with Crippen molar-refractivity contribution in [3.8, 4) is 0 Å². The fraction of sp³-hybridized carbons (Fsp3) is 0.353. The van der Waals surface area contributed by atoms with Crippen molar-refractivity contribution in [2.24, 2.45) is 0 Å². The molecule has 1 atom stereocenters. The van der Waals surface area contributed by atoms with E-state index in [2.05, 4.69) is 11.0 Å². The lowest BCUT2D eigenvalue weighted by Gasteiger charge is -2.11. The van der Waals surface area contributed by atoms with Crippen LogP contribution in [0.1, 0.15) is 51.6 Å². The van der Waals surface area contributed by atoms with Gasteiger partial charge in [-0.2, -0.15) is 13.2 Å². The van der Waals surface area contributed by atoms with Crippen molar-refractivity contribution in [2.45, 2.75) is 36.9 Å². The van der Waals surface area contributed by atoms with Gasteiger partial charge in [0.2, 0.25) is 0 Å². The summed E-state index contributed by atoms with van der Waals surface area (Å²) in [5.41, 5.74) is 0.127. The van der Waals surface area contributed by atoms with Gasteiger partial charge in [-0.25, -0.2) is 0 Å². The number of aryl methyl sites for hydroxylation is 1. The number of ketones is 1. The summed E-state index contributed by atoms with van der Waals surface area (Å²) in [6.45, 7) is 1.50. The van der Waals surface area contributed by atoms with E-state index in [1.807, 2.05) is 6.26 Å². The van der Waals surface area contributed by atoms with Gasteiger partial charge >= 0.3 is 6.18 Å². The minimum atomic E-state index is -4.43. The second kappa shape index (κ2) is 5.88. The van der Waals surface area contributed by atoms with Crippen molar-refractivity contribution in [3.05, 3.63) is 46.2 Å². The molecule has 1 aromatic heterocycles. The first kappa shape index (κ1) is 17.0. The fourth-order valence-corrected chi connectivity index (χ4v) is 3.29. The Morgan fingerprint density at radius 2 is 2.04 bits per heavy atom. The molecule has 3 rings (SSSR count). The Balaban J connectivity index is 2.07. The highest BCUT2D eigenvalue weighted by molar-refractivity contribution is 8.13. The van der Waals surface area contributed by atoms with Gasteiger partial charge in [0.25, 0.3) is 0 Å². The Labute approximate surface area is 139 Å². The van der Waals surface area contributed by atoms with Crippen molar-refractivity contribution in [3.63, 3.8) is 0 Å². The highest BCUT2D eigenvalue weighted by Gasteiger charge is 2.36. The van der Waals surface area contributed by atoms with Gasteiger partial charge in [-0.3, -0.25) is 4.79 Å². The van der Waals surface area contributed by atoms with Crippen LogP contribution in [-0.4, -0.2) is 23.1 Å². The van der Waals surface area contributed by atoms with Crippen molar-refractivity contribution in [1.29, 1.82) is 0 Å². The van der Waals surface area contributed by atoms with Gasteiger partial charge in [0.15, 0.2) is 11.5 Å². The Bertz CT molecular complexity index is 835. The van der Waals surface area contributed by atoms with Crippen LogP contribution in [0.2, 0.25) is 0 Å². The van der Waals surface area contributed by atoms with E-state index < -0.39 is 22.2 Å². The van der Waals surface area contributed by atoms with Crippen LogP contribution in [0.5, 0.6) is 0 Å². The van der Waals surface area contributed by atoms with Gasteiger partial charge in [-0.05, 0) is 43.7 Å². The molecule has 7 heteroatoms. The number of hydrogen-bond acceptors (Lipinski definition) is 3. The Morgan fingerprint density at radius 1 is 1.38 bits per heavy atom. The van der Waals surface area contributed by atoms with Gasteiger partial charge in [0.05, 0.1) is 11.1 Å². The van der Waals surface area contributed by atoms with E-state index in [-0.39, 0.29) is 22.8 Å². The van der Waals surface area contributed by atoms with Crippen LogP contribution < -0.4 is 0 Å². The van der Waals surface area contributed by atoms with Gasteiger partial charge < -0.3 is 4.52 Å². The number of hydrogen-bond donors (Lipinski definition) is 0. The Morgan fingerprint density at radius 3 is 2.54 bits per heavy atom. The summed E-state index contributed by atoms with van der Waals surface area (Å²) < 4.78 is 43.8. The molecule has 3 nitrogen and oxygen atoms in total. The van der Waals surface area contributed by atoms with E-state index in [0.29, 0.717) is 16.3 Å². The summed E-state index contributed by atoms with van der Waals surface area (Å²) >= 11 is 0. The number of rotatable bonds is 4. The summed E-state index contributed by atoms with van der Waals surface area (Å²) in [5, 5.41) is 4.47. The van der Waals surface area contributed by atoms with Crippen molar-refractivity contribution in [1.82, 2.24) is 5.16 Å². The zero-order valence-corrected chi connectivity index (χ0v) is 14.1. The zero-order chi connectivity index (χ0) is 17.6. The molecular weight excluding hydrogens is 339 g/mol. The molecule has 0 spiro atoms.